The molecule has 3 unspecified atom stereocenters. The van der Waals surface area contributed by atoms with Gasteiger partial charge in [0.2, 0.25) is 5.91 Å². The van der Waals surface area contributed by atoms with E-state index in [9.17, 15) is 19.8 Å². The average Bonchev–Trinajstić information content (AvgIpc) is 3.28. The van der Waals surface area contributed by atoms with Crippen molar-refractivity contribution in [3.05, 3.63) is 48.6 Å². The molecule has 0 spiro atoms. The summed E-state index contributed by atoms with van der Waals surface area (Å²) in [5.74, 6) is -0.501. The topological polar surface area (TPSA) is 95.9 Å². The molecule has 0 aliphatic rings. The predicted octanol–water partition coefficient (Wildman–Crippen LogP) is 16.6. The van der Waals surface area contributed by atoms with Gasteiger partial charge in [-0.3, -0.25) is 9.59 Å². The number of aliphatic hydroxyl groups excluding tert-OH is 2. The molecule has 1 amide bonds. The molecule has 0 aliphatic heterocycles. The van der Waals surface area contributed by atoms with Crippen molar-refractivity contribution in [3.63, 3.8) is 0 Å². The quantitative estimate of drug-likeness (QED) is 0.0321. The molecule has 0 saturated carbocycles. The van der Waals surface area contributed by atoms with Gasteiger partial charge in [0, 0.05) is 6.42 Å². The second-order valence-corrected chi connectivity index (χ2v) is 18.6. The zero-order chi connectivity index (χ0) is 45.9. The van der Waals surface area contributed by atoms with Crippen molar-refractivity contribution in [3.8, 4) is 0 Å². The average molecular weight is 884 g/mol. The summed E-state index contributed by atoms with van der Waals surface area (Å²) in [5, 5.41) is 23.8. The molecular formula is C57H105NO5. The molecule has 0 saturated heterocycles. The summed E-state index contributed by atoms with van der Waals surface area (Å²) in [5.41, 5.74) is 0. The van der Waals surface area contributed by atoms with Crippen LogP contribution in [0.1, 0.15) is 278 Å². The van der Waals surface area contributed by atoms with E-state index in [0.717, 1.165) is 96.3 Å². The molecule has 0 rings (SSSR count). The van der Waals surface area contributed by atoms with E-state index in [0.29, 0.717) is 19.3 Å². The monoisotopic (exact) mass is 884 g/mol. The molecule has 6 heteroatoms. The molecule has 0 aromatic carbocycles. The van der Waals surface area contributed by atoms with Crippen LogP contribution in [0.5, 0.6) is 0 Å². The first-order valence-corrected chi connectivity index (χ1v) is 27.4. The Morgan fingerprint density at radius 1 is 0.460 bits per heavy atom. The first kappa shape index (κ1) is 60.8. The fourth-order valence-corrected chi connectivity index (χ4v) is 8.20. The number of hydrogen-bond donors (Lipinski definition) is 3. The van der Waals surface area contributed by atoms with Gasteiger partial charge in [-0.15, -0.1) is 0 Å². The molecule has 6 nitrogen and oxygen atoms in total. The van der Waals surface area contributed by atoms with E-state index in [2.05, 4.69) is 74.7 Å². The Hall–Kier alpha value is -2.18. The second kappa shape index (κ2) is 50.8. The standard InChI is InChI=1S/C57H105NO5/c1-4-7-10-13-16-19-22-24-26-28-30-32-34-36-39-42-45-48-53(63-57(62)50-47-44-41-38-21-18-15-12-9-6-3)51-56(61)58-54(52-59)55(60)49-46-43-40-37-35-33-31-29-27-25-23-20-17-14-11-8-5-2/h12,15-16,19,24,26,30,32,53-55,59-60H,4-11,13-14,17-18,20-23,25,27-29,31,33-52H2,1-3H3,(H,58,61)/b15-12-,19-16-,26-24-,32-30-. The molecule has 368 valence electrons. The van der Waals surface area contributed by atoms with Gasteiger partial charge in [0.05, 0.1) is 25.2 Å². The minimum atomic E-state index is -0.795. The third-order valence-electron chi connectivity index (χ3n) is 12.4. The SMILES string of the molecule is CCC/C=C\CCCCCCCC(=O)OC(CCCCCC/C=C\C/C=C\C/C=C\CCCCC)CC(=O)NC(CO)C(O)CCCCCCCCCCCCCCCCCCC. The summed E-state index contributed by atoms with van der Waals surface area (Å²) in [7, 11) is 0. The van der Waals surface area contributed by atoms with E-state index in [1.54, 1.807) is 0 Å². The lowest BCUT2D eigenvalue weighted by Gasteiger charge is -2.24. The molecule has 0 radical (unpaired) electrons. The smallest absolute Gasteiger partial charge is 0.306 e. The Bertz CT molecular complexity index is 1080. The maximum Gasteiger partial charge on any atom is 0.306 e. The maximum atomic E-state index is 13.2. The molecule has 0 aromatic rings. The summed E-state index contributed by atoms with van der Waals surface area (Å²) in [6.45, 7) is 6.41. The fraction of sp³-hybridized carbons (Fsp3) is 0.825. The number of allylic oxidation sites excluding steroid dienone is 8. The number of carbonyl (C=O) groups excluding carboxylic acids is 2. The van der Waals surface area contributed by atoms with Crippen LogP contribution in [-0.4, -0.2) is 46.9 Å². The Morgan fingerprint density at radius 2 is 0.841 bits per heavy atom. The van der Waals surface area contributed by atoms with E-state index in [1.165, 1.54) is 135 Å². The minimum absolute atomic E-state index is 0.0601. The molecule has 0 fully saturated rings. The van der Waals surface area contributed by atoms with Crippen molar-refractivity contribution in [1.82, 2.24) is 5.32 Å². The first-order valence-electron chi connectivity index (χ1n) is 27.4. The second-order valence-electron chi connectivity index (χ2n) is 18.6. The highest BCUT2D eigenvalue weighted by molar-refractivity contribution is 5.77. The van der Waals surface area contributed by atoms with Crippen LogP contribution in [0.3, 0.4) is 0 Å². The fourth-order valence-electron chi connectivity index (χ4n) is 8.20. The van der Waals surface area contributed by atoms with Gasteiger partial charge < -0.3 is 20.3 Å². The van der Waals surface area contributed by atoms with Crippen LogP contribution in [0.15, 0.2) is 48.6 Å². The number of carbonyl (C=O) groups is 2. The van der Waals surface area contributed by atoms with Crippen molar-refractivity contribution in [2.75, 3.05) is 6.61 Å². The molecular weight excluding hydrogens is 779 g/mol. The zero-order valence-electron chi connectivity index (χ0n) is 42.0. The Balaban J connectivity index is 4.54. The van der Waals surface area contributed by atoms with Crippen LogP contribution in [-0.2, 0) is 14.3 Å². The largest absolute Gasteiger partial charge is 0.462 e. The third kappa shape index (κ3) is 46.2. The van der Waals surface area contributed by atoms with E-state index >= 15 is 0 Å². The van der Waals surface area contributed by atoms with Gasteiger partial charge in [-0.25, -0.2) is 0 Å². The summed E-state index contributed by atoms with van der Waals surface area (Å²) >= 11 is 0. The maximum absolute atomic E-state index is 13.2. The summed E-state index contributed by atoms with van der Waals surface area (Å²) in [6.07, 6.45) is 61.7. The molecule has 0 heterocycles. The van der Waals surface area contributed by atoms with Crippen molar-refractivity contribution >= 4 is 11.9 Å². The highest BCUT2D eigenvalue weighted by Crippen LogP contribution is 2.18. The predicted molar refractivity (Wildman–Crippen MR) is 273 cm³/mol. The molecule has 3 atom stereocenters. The van der Waals surface area contributed by atoms with E-state index < -0.39 is 18.2 Å². The van der Waals surface area contributed by atoms with Crippen molar-refractivity contribution in [1.29, 1.82) is 0 Å². The number of hydrogen-bond acceptors (Lipinski definition) is 5. The summed E-state index contributed by atoms with van der Waals surface area (Å²) in [4.78, 5) is 26.1. The van der Waals surface area contributed by atoms with Gasteiger partial charge in [0.1, 0.15) is 6.10 Å². The molecule has 3 N–H and O–H groups in total. The molecule has 0 bridgehead atoms. The zero-order valence-corrected chi connectivity index (χ0v) is 42.0. The van der Waals surface area contributed by atoms with Gasteiger partial charge in [0.25, 0.3) is 0 Å². The van der Waals surface area contributed by atoms with Crippen molar-refractivity contribution in [2.24, 2.45) is 0 Å². The van der Waals surface area contributed by atoms with Gasteiger partial charge in [-0.1, -0.05) is 230 Å². The van der Waals surface area contributed by atoms with Crippen molar-refractivity contribution < 1.29 is 24.5 Å². The van der Waals surface area contributed by atoms with E-state index in [1.807, 2.05) is 0 Å². The number of ether oxygens (including phenoxy) is 1. The normalized spacial score (nSPS) is 13.5. The van der Waals surface area contributed by atoms with Crippen LogP contribution in [0.25, 0.3) is 0 Å². The highest BCUT2D eigenvalue weighted by Gasteiger charge is 2.24. The van der Waals surface area contributed by atoms with E-state index in [4.69, 9.17) is 4.74 Å². The molecule has 0 aromatic heterocycles. The lowest BCUT2D eigenvalue weighted by Crippen LogP contribution is -2.46. The highest BCUT2D eigenvalue weighted by atomic mass is 16.5. The summed E-state index contributed by atoms with van der Waals surface area (Å²) in [6, 6.07) is -0.710. The minimum Gasteiger partial charge on any atom is -0.462 e. The first-order chi connectivity index (χ1) is 31.0. The van der Waals surface area contributed by atoms with Crippen LogP contribution in [0, 0.1) is 0 Å². The number of aliphatic hydroxyl groups is 2. The molecule has 63 heavy (non-hydrogen) atoms. The lowest BCUT2D eigenvalue weighted by molar-refractivity contribution is -0.151. The van der Waals surface area contributed by atoms with Crippen molar-refractivity contribution in [2.45, 2.75) is 296 Å². The van der Waals surface area contributed by atoms with Crippen LogP contribution < -0.4 is 5.32 Å². The number of nitrogens with one attached hydrogen (secondary N) is 1. The number of rotatable bonds is 49. The van der Waals surface area contributed by atoms with E-state index in [-0.39, 0.29) is 24.9 Å². The van der Waals surface area contributed by atoms with Gasteiger partial charge in [-0.2, -0.15) is 0 Å². The third-order valence-corrected chi connectivity index (χ3v) is 12.4. The van der Waals surface area contributed by atoms with Crippen LogP contribution in [0.4, 0.5) is 0 Å². The number of esters is 1. The van der Waals surface area contributed by atoms with Gasteiger partial charge >= 0.3 is 5.97 Å². The van der Waals surface area contributed by atoms with Crippen LogP contribution >= 0.6 is 0 Å². The van der Waals surface area contributed by atoms with Gasteiger partial charge in [0.15, 0.2) is 0 Å². The number of amides is 1. The Labute approximate surface area is 391 Å². The lowest BCUT2D eigenvalue weighted by atomic mass is 10.0. The Morgan fingerprint density at radius 3 is 1.33 bits per heavy atom. The number of unbranched alkanes of at least 4 members (excludes halogenated alkanes) is 29. The summed E-state index contributed by atoms with van der Waals surface area (Å²) < 4.78 is 5.92. The van der Waals surface area contributed by atoms with Gasteiger partial charge in [-0.05, 0) is 83.5 Å². The Kier molecular flexibility index (Phi) is 49.1. The molecule has 0 aliphatic carbocycles. The van der Waals surface area contributed by atoms with Crippen LogP contribution in [0.2, 0.25) is 0 Å².